The van der Waals surface area contributed by atoms with Crippen LogP contribution >= 0.6 is 22.6 Å². The number of halogens is 1. The molecule has 0 bridgehead atoms. The molecule has 0 fully saturated rings. The molecule has 1 aromatic rings. The molecule has 1 atom stereocenters. The zero-order valence-corrected chi connectivity index (χ0v) is 17.1. The van der Waals surface area contributed by atoms with Crippen LogP contribution in [0, 0.1) is 9.49 Å². The lowest BCUT2D eigenvalue weighted by Gasteiger charge is -2.24. The van der Waals surface area contributed by atoms with Crippen LogP contribution in [0.15, 0.2) is 24.3 Å². The van der Waals surface area contributed by atoms with Crippen LogP contribution in [-0.2, 0) is 16.1 Å². The first-order valence-electron chi connectivity index (χ1n) is 8.09. The van der Waals surface area contributed by atoms with E-state index in [0.717, 1.165) is 9.13 Å². The Morgan fingerprint density at radius 2 is 1.83 bits per heavy atom. The van der Waals surface area contributed by atoms with Crippen LogP contribution < -0.4 is 10.6 Å². The predicted octanol–water partition coefficient (Wildman–Crippen LogP) is 3.85. The van der Waals surface area contributed by atoms with E-state index in [0.29, 0.717) is 13.0 Å². The standard InChI is InChI=1S/C18H27IN2O3/c1-12(2)10-15(21-17(23)24-18(3,4)5)16(22)20-11-13-8-6-7-9-14(13)19/h6-9,12,15H,10-11H2,1-5H3,(H,20,22)(H,21,23). The SMILES string of the molecule is CC(C)CC(NC(=O)OC(C)(C)C)C(=O)NCc1ccccc1I. The second-order valence-electron chi connectivity index (χ2n) is 7.14. The molecule has 2 amide bonds. The average molecular weight is 446 g/mol. The number of benzene rings is 1. The van der Waals surface area contributed by atoms with E-state index in [9.17, 15) is 9.59 Å². The molecule has 0 heterocycles. The molecule has 1 unspecified atom stereocenters. The molecule has 0 aliphatic carbocycles. The maximum atomic E-state index is 12.5. The van der Waals surface area contributed by atoms with Gasteiger partial charge in [0.1, 0.15) is 11.6 Å². The van der Waals surface area contributed by atoms with Gasteiger partial charge in [0.15, 0.2) is 0 Å². The first-order valence-corrected chi connectivity index (χ1v) is 9.17. The minimum atomic E-state index is -0.610. The van der Waals surface area contributed by atoms with Crippen molar-refractivity contribution in [3.63, 3.8) is 0 Å². The fourth-order valence-corrected chi connectivity index (χ4v) is 2.68. The molecular formula is C18H27IN2O3. The number of carbonyl (C=O) groups excluding carboxylic acids is 2. The zero-order valence-electron chi connectivity index (χ0n) is 15.0. The van der Waals surface area contributed by atoms with E-state index in [1.807, 2.05) is 38.1 Å². The molecule has 0 spiro atoms. The van der Waals surface area contributed by atoms with Gasteiger partial charge in [0.25, 0.3) is 0 Å². The van der Waals surface area contributed by atoms with Gasteiger partial charge >= 0.3 is 6.09 Å². The van der Waals surface area contributed by atoms with Gasteiger partial charge < -0.3 is 15.4 Å². The lowest BCUT2D eigenvalue weighted by atomic mass is 10.0. The lowest BCUT2D eigenvalue weighted by Crippen LogP contribution is -2.48. The quantitative estimate of drug-likeness (QED) is 0.653. The molecule has 0 aromatic heterocycles. The largest absolute Gasteiger partial charge is 0.444 e. The molecule has 0 aliphatic heterocycles. The molecule has 6 heteroatoms. The number of rotatable bonds is 6. The molecule has 0 saturated heterocycles. The highest BCUT2D eigenvalue weighted by atomic mass is 127. The van der Waals surface area contributed by atoms with Crippen molar-refractivity contribution in [3.8, 4) is 0 Å². The van der Waals surface area contributed by atoms with E-state index in [-0.39, 0.29) is 11.8 Å². The topological polar surface area (TPSA) is 67.4 Å². The lowest BCUT2D eigenvalue weighted by molar-refractivity contribution is -0.123. The van der Waals surface area contributed by atoms with Crippen LogP contribution in [0.1, 0.15) is 46.6 Å². The van der Waals surface area contributed by atoms with Gasteiger partial charge in [-0.2, -0.15) is 0 Å². The summed E-state index contributed by atoms with van der Waals surface area (Å²) in [5, 5.41) is 5.58. The maximum absolute atomic E-state index is 12.5. The van der Waals surface area contributed by atoms with Gasteiger partial charge in [0, 0.05) is 10.1 Å². The molecular weight excluding hydrogens is 419 g/mol. The minimum Gasteiger partial charge on any atom is -0.444 e. The van der Waals surface area contributed by atoms with E-state index in [2.05, 4.69) is 33.2 Å². The third-order valence-corrected chi connectivity index (χ3v) is 4.18. The van der Waals surface area contributed by atoms with Crippen LogP contribution in [0.3, 0.4) is 0 Å². The summed E-state index contributed by atoms with van der Waals surface area (Å²) in [6, 6.07) is 7.25. The zero-order chi connectivity index (χ0) is 18.3. The Balaban J connectivity index is 2.67. The summed E-state index contributed by atoms with van der Waals surface area (Å²) in [6.45, 7) is 9.83. The van der Waals surface area contributed by atoms with Crippen LogP contribution in [0.25, 0.3) is 0 Å². The van der Waals surface area contributed by atoms with E-state index in [4.69, 9.17) is 4.74 Å². The summed E-state index contributed by atoms with van der Waals surface area (Å²) in [4.78, 5) is 24.4. The number of nitrogens with one attached hydrogen (secondary N) is 2. The molecule has 134 valence electrons. The van der Waals surface area contributed by atoms with Crippen molar-refractivity contribution >= 4 is 34.6 Å². The van der Waals surface area contributed by atoms with Crippen molar-refractivity contribution in [1.29, 1.82) is 0 Å². The first-order chi connectivity index (χ1) is 11.1. The highest BCUT2D eigenvalue weighted by Crippen LogP contribution is 2.12. The Bertz CT molecular complexity index is 568. The predicted molar refractivity (Wildman–Crippen MR) is 104 cm³/mol. The number of hydrogen-bond acceptors (Lipinski definition) is 3. The van der Waals surface area contributed by atoms with E-state index < -0.39 is 17.7 Å². The smallest absolute Gasteiger partial charge is 0.408 e. The number of hydrogen-bond donors (Lipinski definition) is 2. The third-order valence-electron chi connectivity index (χ3n) is 3.13. The maximum Gasteiger partial charge on any atom is 0.408 e. The van der Waals surface area contributed by atoms with Gasteiger partial charge in [-0.15, -0.1) is 0 Å². The van der Waals surface area contributed by atoms with Gasteiger partial charge in [0.2, 0.25) is 5.91 Å². The number of alkyl carbamates (subject to hydrolysis) is 1. The second kappa shape index (κ2) is 9.25. The number of carbonyl (C=O) groups is 2. The second-order valence-corrected chi connectivity index (χ2v) is 8.30. The van der Waals surface area contributed by atoms with Crippen molar-refractivity contribution in [1.82, 2.24) is 10.6 Å². The third kappa shape index (κ3) is 7.99. The normalized spacial score (nSPS) is 12.6. The highest BCUT2D eigenvalue weighted by Gasteiger charge is 2.25. The Hall–Kier alpha value is -1.31. The van der Waals surface area contributed by atoms with Gasteiger partial charge in [0.05, 0.1) is 0 Å². The Kier molecular flexibility index (Phi) is 7.99. The van der Waals surface area contributed by atoms with Crippen LogP contribution in [0.5, 0.6) is 0 Å². The van der Waals surface area contributed by atoms with E-state index >= 15 is 0 Å². The minimum absolute atomic E-state index is 0.200. The van der Waals surface area contributed by atoms with Crippen LogP contribution in [0.2, 0.25) is 0 Å². The number of amides is 2. The summed E-state index contributed by atoms with van der Waals surface area (Å²) >= 11 is 2.24. The Labute approximate surface area is 158 Å². The Morgan fingerprint density at radius 1 is 1.21 bits per heavy atom. The molecule has 5 nitrogen and oxygen atoms in total. The van der Waals surface area contributed by atoms with E-state index in [1.54, 1.807) is 20.8 Å². The van der Waals surface area contributed by atoms with Gasteiger partial charge in [-0.25, -0.2) is 4.79 Å². The summed E-state index contributed by atoms with van der Waals surface area (Å²) in [5.41, 5.74) is 0.454. The molecule has 1 rings (SSSR count). The monoisotopic (exact) mass is 446 g/mol. The fourth-order valence-electron chi connectivity index (χ4n) is 2.10. The van der Waals surface area contributed by atoms with Crippen molar-refractivity contribution in [2.45, 2.75) is 59.2 Å². The summed E-state index contributed by atoms with van der Waals surface area (Å²) < 4.78 is 6.34. The highest BCUT2D eigenvalue weighted by molar-refractivity contribution is 14.1. The molecule has 0 saturated carbocycles. The summed E-state index contributed by atoms with van der Waals surface area (Å²) in [7, 11) is 0. The molecule has 1 aromatic carbocycles. The van der Waals surface area contributed by atoms with Crippen molar-refractivity contribution in [3.05, 3.63) is 33.4 Å². The summed E-state index contributed by atoms with van der Waals surface area (Å²) in [5.74, 6) is 0.0711. The number of ether oxygens (including phenoxy) is 1. The van der Waals surface area contributed by atoms with Crippen molar-refractivity contribution < 1.29 is 14.3 Å². The fraction of sp³-hybridized carbons (Fsp3) is 0.556. The van der Waals surface area contributed by atoms with Crippen LogP contribution in [-0.4, -0.2) is 23.6 Å². The molecule has 0 aliphatic rings. The van der Waals surface area contributed by atoms with Crippen molar-refractivity contribution in [2.75, 3.05) is 0 Å². The molecule has 2 N–H and O–H groups in total. The van der Waals surface area contributed by atoms with Gasteiger partial charge in [-0.1, -0.05) is 32.0 Å². The van der Waals surface area contributed by atoms with Crippen molar-refractivity contribution in [2.24, 2.45) is 5.92 Å². The van der Waals surface area contributed by atoms with Crippen LogP contribution in [0.4, 0.5) is 4.79 Å². The van der Waals surface area contributed by atoms with Gasteiger partial charge in [-0.05, 0) is 67.3 Å². The van der Waals surface area contributed by atoms with E-state index in [1.165, 1.54) is 0 Å². The first kappa shape index (κ1) is 20.7. The average Bonchev–Trinajstić information content (AvgIpc) is 2.43. The summed E-state index contributed by atoms with van der Waals surface area (Å²) in [6.07, 6.45) is -0.0191. The Morgan fingerprint density at radius 3 is 2.38 bits per heavy atom. The molecule has 24 heavy (non-hydrogen) atoms. The van der Waals surface area contributed by atoms with Gasteiger partial charge in [-0.3, -0.25) is 4.79 Å². The molecule has 0 radical (unpaired) electrons.